The summed E-state index contributed by atoms with van der Waals surface area (Å²) in [5.41, 5.74) is 0.966. The summed E-state index contributed by atoms with van der Waals surface area (Å²) in [6.07, 6.45) is 1.94. The molecule has 0 saturated carbocycles. The Hall–Kier alpha value is -1.72. The maximum Gasteiger partial charge on any atom is 0.241 e. The molecule has 2 aromatic rings. The summed E-state index contributed by atoms with van der Waals surface area (Å²) in [6.45, 7) is 4.43. The molecule has 1 N–H and O–H groups in total. The minimum absolute atomic E-state index is 0.254. The van der Waals surface area contributed by atoms with Crippen LogP contribution in [0.3, 0.4) is 0 Å². The molecule has 0 spiro atoms. The van der Waals surface area contributed by atoms with E-state index in [-0.39, 0.29) is 6.10 Å². The molecule has 5 nitrogen and oxygen atoms in total. The number of hydrogen-bond donors (Lipinski definition) is 1. The van der Waals surface area contributed by atoms with Crippen LogP contribution in [0.15, 0.2) is 34.9 Å². The average Bonchev–Trinajstić information content (AvgIpc) is 2.97. The molecule has 21 heavy (non-hydrogen) atoms. The second-order valence-electron chi connectivity index (χ2n) is 5.76. The van der Waals surface area contributed by atoms with E-state index in [4.69, 9.17) is 4.52 Å². The van der Waals surface area contributed by atoms with E-state index in [0.29, 0.717) is 24.2 Å². The van der Waals surface area contributed by atoms with Gasteiger partial charge in [-0.05, 0) is 32.2 Å². The van der Waals surface area contributed by atoms with Crippen molar-refractivity contribution in [1.29, 1.82) is 0 Å². The van der Waals surface area contributed by atoms with E-state index < -0.39 is 0 Å². The Kier molecular flexibility index (Phi) is 4.31. The van der Waals surface area contributed by atoms with Gasteiger partial charge in [0.2, 0.25) is 11.7 Å². The van der Waals surface area contributed by atoms with Crippen molar-refractivity contribution < 1.29 is 9.63 Å². The molecule has 1 aromatic heterocycles. The molecule has 2 atom stereocenters. The highest BCUT2D eigenvalue weighted by atomic mass is 16.5. The fraction of sp³-hybridized carbons (Fsp3) is 0.500. The molecule has 0 bridgehead atoms. The molecule has 1 fully saturated rings. The largest absolute Gasteiger partial charge is 0.393 e. The third-order valence-corrected chi connectivity index (χ3v) is 4.08. The number of benzene rings is 1. The first-order valence-electron chi connectivity index (χ1n) is 7.51. The molecule has 0 aliphatic carbocycles. The zero-order valence-corrected chi connectivity index (χ0v) is 12.3. The third-order valence-electron chi connectivity index (χ3n) is 4.08. The van der Waals surface area contributed by atoms with Gasteiger partial charge in [-0.2, -0.15) is 4.98 Å². The molecule has 1 aliphatic rings. The molecule has 112 valence electrons. The van der Waals surface area contributed by atoms with Crippen molar-refractivity contribution in [2.24, 2.45) is 5.92 Å². The number of piperidine rings is 1. The number of rotatable bonds is 4. The van der Waals surface area contributed by atoms with Gasteiger partial charge in [0.25, 0.3) is 0 Å². The Morgan fingerprint density at radius 1 is 1.38 bits per heavy atom. The van der Waals surface area contributed by atoms with Gasteiger partial charge < -0.3 is 9.63 Å². The van der Waals surface area contributed by atoms with E-state index in [0.717, 1.165) is 31.5 Å². The second kappa shape index (κ2) is 6.37. The van der Waals surface area contributed by atoms with Crippen molar-refractivity contribution in [3.63, 3.8) is 0 Å². The number of hydrogen-bond acceptors (Lipinski definition) is 5. The molecule has 5 heteroatoms. The maximum atomic E-state index is 9.74. The Morgan fingerprint density at radius 2 is 2.19 bits per heavy atom. The first kappa shape index (κ1) is 14.2. The van der Waals surface area contributed by atoms with E-state index in [2.05, 4.69) is 15.0 Å². The summed E-state index contributed by atoms with van der Waals surface area (Å²) in [4.78, 5) is 6.74. The predicted octanol–water partition coefficient (Wildman–Crippen LogP) is 2.33. The van der Waals surface area contributed by atoms with Crippen LogP contribution < -0.4 is 0 Å². The van der Waals surface area contributed by atoms with Crippen molar-refractivity contribution in [3.8, 4) is 11.4 Å². The van der Waals surface area contributed by atoms with Gasteiger partial charge in [-0.15, -0.1) is 0 Å². The summed E-state index contributed by atoms with van der Waals surface area (Å²) >= 11 is 0. The summed E-state index contributed by atoms with van der Waals surface area (Å²) in [5, 5.41) is 13.8. The van der Waals surface area contributed by atoms with Crippen molar-refractivity contribution in [1.82, 2.24) is 15.0 Å². The van der Waals surface area contributed by atoms with E-state index in [1.165, 1.54) is 0 Å². The van der Waals surface area contributed by atoms with Gasteiger partial charge in [0, 0.05) is 12.1 Å². The van der Waals surface area contributed by atoms with Crippen LogP contribution >= 0.6 is 0 Å². The Balaban J connectivity index is 1.65. The molecule has 1 aliphatic heterocycles. The highest BCUT2D eigenvalue weighted by Crippen LogP contribution is 2.22. The Bertz CT molecular complexity index is 568. The predicted molar refractivity (Wildman–Crippen MR) is 79.4 cm³/mol. The van der Waals surface area contributed by atoms with E-state index in [9.17, 15) is 5.11 Å². The van der Waals surface area contributed by atoms with Crippen LogP contribution in [-0.2, 0) is 6.54 Å². The fourth-order valence-corrected chi connectivity index (χ4v) is 2.84. The lowest BCUT2D eigenvalue weighted by Crippen LogP contribution is -2.39. The van der Waals surface area contributed by atoms with Crippen molar-refractivity contribution in [2.45, 2.75) is 32.4 Å². The number of aliphatic hydroxyl groups excluding tert-OH is 1. The van der Waals surface area contributed by atoms with Crippen LogP contribution in [-0.4, -0.2) is 39.3 Å². The topological polar surface area (TPSA) is 62.4 Å². The number of nitrogens with zero attached hydrogens (tertiary/aromatic N) is 3. The summed E-state index contributed by atoms with van der Waals surface area (Å²) in [5.74, 6) is 1.62. The van der Waals surface area contributed by atoms with Gasteiger partial charge in [0.1, 0.15) is 0 Å². The normalized spacial score (nSPS) is 21.3. The maximum absolute atomic E-state index is 9.74. The van der Waals surface area contributed by atoms with Crippen LogP contribution in [0, 0.1) is 5.92 Å². The van der Waals surface area contributed by atoms with Gasteiger partial charge in [0.15, 0.2) is 0 Å². The molecule has 1 saturated heterocycles. The molecule has 0 radical (unpaired) electrons. The first-order valence-corrected chi connectivity index (χ1v) is 7.51. The minimum Gasteiger partial charge on any atom is -0.393 e. The van der Waals surface area contributed by atoms with Gasteiger partial charge >= 0.3 is 0 Å². The van der Waals surface area contributed by atoms with Crippen LogP contribution in [0.5, 0.6) is 0 Å². The van der Waals surface area contributed by atoms with Crippen molar-refractivity contribution in [2.75, 3.05) is 13.1 Å². The molecule has 1 aromatic carbocycles. The smallest absolute Gasteiger partial charge is 0.241 e. The quantitative estimate of drug-likeness (QED) is 0.935. The summed E-state index contributed by atoms with van der Waals surface area (Å²) in [6, 6.07) is 9.83. The molecule has 3 rings (SSSR count). The highest BCUT2D eigenvalue weighted by Gasteiger charge is 2.24. The number of aliphatic hydroxyl groups is 1. The van der Waals surface area contributed by atoms with Gasteiger partial charge in [-0.25, -0.2) is 0 Å². The molecular weight excluding hydrogens is 266 g/mol. The highest BCUT2D eigenvalue weighted by molar-refractivity contribution is 5.53. The monoisotopic (exact) mass is 287 g/mol. The molecule has 2 unspecified atom stereocenters. The van der Waals surface area contributed by atoms with E-state index in [1.54, 1.807) is 0 Å². The minimum atomic E-state index is -0.254. The number of aromatic nitrogens is 2. The third kappa shape index (κ3) is 3.49. The number of likely N-dealkylation sites (tertiary alicyclic amines) is 1. The lowest BCUT2D eigenvalue weighted by molar-refractivity contribution is 0.0556. The van der Waals surface area contributed by atoms with E-state index in [1.807, 2.05) is 37.3 Å². The Morgan fingerprint density at radius 3 is 2.95 bits per heavy atom. The van der Waals surface area contributed by atoms with Crippen LogP contribution in [0.1, 0.15) is 25.7 Å². The second-order valence-corrected chi connectivity index (χ2v) is 5.76. The fourth-order valence-electron chi connectivity index (χ4n) is 2.84. The van der Waals surface area contributed by atoms with Crippen molar-refractivity contribution in [3.05, 3.63) is 36.2 Å². The van der Waals surface area contributed by atoms with Gasteiger partial charge in [-0.1, -0.05) is 35.5 Å². The zero-order valence-electron chi connectivity index (χ0n) is 12.3. The lowest BCUT2D eigenvalue weighted by atomic mass is 9.93. The van der Waals surface area contributed by atoms with Crippen LogP contribution in [0.25, 0.3) is 11.4 Å². The SMILES string of the molecule is CC(O)C1CCCN(Cc2nc(-c3ccccc3)no2)C1. The molecular formula is C16H21N3O2. The molecule has 2 heterocycles. The summed E-state index contributed by atoms with van der Waals surface area (Å²) in [7, 11) is 0. The average molecular weight is 287 g/mol. The lowest BCUT2D eigenvalue weighted by Gasteiger charge is -2.33. The van der Waals surface area contributed by atoms with E-state index >= 15 is 0 Å². The van der Waals surface area contributed by atoms with Crippen LogP contribution in [0.2, 0.25) is 0 Å². The van der Waals surface area contributed by atoms with Crippen LogP contribution in [0.4, 0.5) is 0 Å². The molecule has 0 amide bonds. The first-order chi connectivity index (χ1) is 10.2. The van der Waals surface area contributed by atoms with Gasteiger partial charge in [0.05, 0.1) is 12.6 Å². The summed E-state index contributed by atoms with van der Waals surface area (Å²) < 4.78 is 5.35. The Labute approximate surface area is 124 Å². The zero-order chi connectivity index (χ0) is 14.7. The standard InChI is InChI=1S/C16H21N3O2/c1-12(20)14-8-5-9-19(10-14)11-15-17-16(18-21-15)13-6-3-2-4-7-13/h2-4,6-7,12,14,20H,5,8-11H2,1H3. The van der Waals surface area contributed by atoms with Gasteiger partial charge in [-0.3, -0.25) is 4.90 Å². The van der Waals surface area contributed by atoms with Crippen molar-refractivity contribution >= 4 is 0 Å².